The van der Waals surface area contributed by atoms with Crippen LogP contribution in [0.2, 0.25) is 0 Å². The fourth-order valence-electron chi connectivity index (χ4n) is 5.54. The van der Waals surface area contributed by atoms with Crippen molar-refractivity contribution in [2.75, 3.05) is 0 Å². The Morgan fingerprint density at radius 3 is 1.20 bits per heavy atom. The molecule has 0 saturated heterocycles. The van der Waals surface area contributed by atoms with Gasteiger partial charge >= 0.3 is 11.9 Å². The Hall–Kier alpha value is -1.06. The quantitative estimate of drug-likeness (QED) is 0.815. The molecule has 0 aromatic rings. The number of rotatable bonds is 2. The minimum atomic E-state index is -0.877. The summed E-state index contributed by atoms with van der Waals surface area (Å²) < 4.78 is 0. The molecule has 20 heavy (non-hydrogen) atoms. The highest BCUT2D eigenvalue weighted by Crippen LogP contribution is 2.56. The smallest absolute Gasteiger partial charge is 0.307 e. The molecule has 4 nitrogen and oxygen atoms in total. The number of hydrogen-bond acceptors (Lipinski definition) is 2. The Labute approximate surface area is 119 Å². The second-order valence-electron chi connectivity index (χ2n) is 6.95. The van der Waals surface area contributed by atoms with E-state index in [4.69, 9.17) is 0 Å². The zero-order chi connectivity index (χ0) is 14.3. The van der Waals surface area contributed by atoms with E-state index in [0.717, 1.165) is 38.5 Å². The first kappa shape index (κ1) is 13.9. The Kier molecular flexibility index (Phi) is 3.74. The van der Waals surface area contributed by atoms with E-state index in [0.29, 0.717) is 11.8 Å². The molecule has 0 amide bonds. The van der Waals surface area contributed by atoms with Crippen molar-refractivity contribution < 1.29 is 19.8 Å². The van der Waals surface area contributed by atoms with Crippen LogP contribution in [0.1, 0.15) is 51.4 Å². The predicted molar refractivity (Wildman–Crippen MR) is 73.1 cm³/mol. The third-order valence-electron chi connectivity index (χ3n) is 6.18. The number of carboxylic acids is 2. The Morgan fingerprint density at radius 2 is 0.900 bits per heavy atom. The van der Waals surface area contributed by atoms with Gasteiger partial charge in [0.1, 0.15) is 0 Å². The fourth-order valence-corrected chi connectivity index (χ4v) is 5.54. The lowest BCUT2D eigenvalue weighted by molar-refractivity contribution is -0.172. The van der Waals surface area contributed by atoms with Gasteiger partial charge in [-0.15, -0.1) is 0 Å². The van der Waals surface area contributed by atoms with Gasteiger partial charge in [0.25, 0.3) is 0 Å². The first-order valence-corrected chi connectivity index (χ1v) is 8.07. The van der Waals surface area contributed by atoms with Crippen molar-refractivity contribution >= 4 is 11.9 Å². The van der Waals surface area contributed by atoms with E-state index >= 15 is 0 Å². The lowest BCUT2D eigenvalue weighted by atomic mass is 9.50. The highest BCUT2D eigenvalue weighted by atomic mass is 16.4. The molecule has 0 unspecified atom stereocenters. The number of carboxylic acid groups (broad SMARTS) is 2. The zero-order valence-corrected chi connectivity index (χ0v) is 11.8. The number of aliphatic carboxylic acids is 2. The van der Waals surface area contributed by atoms with Crippen LogP contribution < -0.4 is 0 Å². The summed E-state index contributed by atoms with van der Waals surface area (Å²) in [6, 6.07) is 0. The molecule has 3 aliphatic rings. The number of carbonyl (C=O) groups is 2. The molecular weight excluding hydrogens is 256 g/mol. The molecule has 0 heterocycles. The van der Waals surface area contributed by atoms with Crippen molar-refractivity contribution in [3.63, 3.8) is 0 Å². The molecule has 112 valence electrons. The van der Waals surface area contributed by atoms with Crippen molar-refractivity contribution in [2.45, 2.75) is 51.4 Å². The van der Waals surface area contributed by atoms with Crippen LogP contribution in [0.5, 0.6) is 0 Å². The number of fused-ring (bicyclic) bond motifs is 3. The van der Waals surface area contributed by atoms with Gasteiger partial charge in [-0.1, -0.05) is 25.7 Å². The molecule has 2 N–H and O–H groups in total. The molecule has 0 aliphatic heterocycles. The van der Waals surface area contributed by atoms with Gasteiger partial charge < -0.3 is 10.2 Å². The van der Waals surface area contributed by atoms with E-state index < -0.39 is 23.8 Å². The molecule has 0 bridgehead atoms. The second-order valence-corrected chi connectivity index (χ2v) is 6.95. The van der Waals surface area contributed by atoms with Gasteiger partial charge in [-0.2, -0.15) is 0 Å². The van der Waals surface area contributed by atoms with Gasteiger partial charge in [-0.05, 0) is 49.4 Å². The van der Waals surface area contributed by atoms with E-state index in [-0.39, 0.29) is 11.8 Å². The minimum Gasteiger partial charge on any atom is -0.481 e. The standard InChI is InChI=1S/C16H24O4/c17-15(18)13-11-7-3-1-5-9(11)10-6-2-4-8-12(10)14(13)16(19)20/h9-14H,1-8H2,(H,17,18)(H,19,20)/t9-,10+,11-,12+,13-,14-/m1/s1. The molecule has 6 atom stereocenters. The average molecular weight is 280 g/mol. The molecule has 3 fully saturated rings. The average Bonchev–Trinajstić information content (AvgIpc) is 2.45. The van der Waals surface area contributed by atoms with Gasteiger partial charge in [0, 0.05) is 0 Å². The Balaban J connectivity index is 1.98. The largest absolute Gasteiger partial charge is 0.481 e. The van der Waals surface area contributed by atoms with Crippen molar-refractivity contribution in [3.05, 3.63) is 0 Å². The summed E-state index contributed by atoms with van der Waals surface area (Å²) in [6.45, 7) is 0. The maximum Gasteiger partial charge on any atom is 0.307 e. The van der Waals surface area contributed by atoms with Gasteiger partial charge in [0.15, 0.2) is 0 Å². The molecule has 3 rings (SSSR count). The van der Waals surface area contributed by atoms with Crippen molar-refractivity contribution in [1.29, 1.82) is 0 Å². The highest BCUT2D eigenvalue weighted by Gasteiger charge is 2.55. The van der Waals surface area contributed by atoms with Gasteiger partial charge in [0.05, 0.1) is 11.8 Å². The minimum absolute atomic E-state index is 0.0988. The third-order valence-corrected chi connectivity index (χ3v) is 6.18. The molecular formula is C16H24O4. The van der Waals surface area contributed by atoms with Crippen LogP contribution in [0.4, 0.5) is 0 Å². The summed E-state index contributed by atoms with van der Waals surface area (Å²) in [5.41, 5.74) is 0. The summed E-state index contributed by atoms with van der Waals surface area (Å²) >= 11 is 0. The predicted octanol–water partition coefficient (Wildman–Crippen LogP) is 3.01. The molecule has 0 spiro atoms. The Morgan fingerprint density at radius 1 is 0.600 bits per heavy atom. The van der Waals surface area contributed by atoms with Crippen molar-refractivity contribution in [2.24, 2.45) is 35.5 Å². The fraction of sp³-hybridized carbons (Fsp3) is 0.875. The van der Waals surface area contributed by atoms with Crippen LogP contribution in [0.25, 0.3) is 0 Å². The van der Waals surface area contributed by atoms with Crippen LogP contribution >= 0.6 is 0 Å². The summed E-state index contributed by atoms with van der Waals surface area (Å²) in [6.07, 6.45) is 8.56. The second kappa shape index (κ2) is 5.38. The van der Waals surface area contributed by atoms with Crippen LogP contribution in [0.3, 0.4) is 0 Å². The molecule has 0 aromatic heterocycles. The molecule has 4 heteroatoms. The highest BCUT2D eigenvalue weighted by molar-refractivity contribution is 5.81. The van der Waals surface area contributed by atoms with Crippen LogP contribution in [-0.2, 0) is 9.59 Å². The van der Waals surface area contributed by atoms with E-state index in [1.165, 1.54) is 12.8 Å². The van der Waals surface area contributed by atoms with Gasteiger partial charge in [-0.3, -0.25) is 9.59 Å². The van der Waals surface area contributed by atoms with Crippen molar-refractivity contribution in [3.8, 4) is 0 Å². The molecule has 3 saturated carbocycles. The van der Waals surface area contributed by atoms with Crippen molar-refractivity contribution in [1.82, 2.24) is 0 Å². The maximum atomic E-state index is 11.7. The number of hydrogen-bond donors (Lipinski definition) is 2. The topological polar surface area (TPSA) is 74.6 Å². The Bertz CT molecular complexity index is 367. The summed E-state index contributed by atoms with van der Waals surface area (Å²) in [5, 5.41) is 19.2. The van der Waals surface area contributed by atoms with Gasteiger partial charge in [-0.25, -0.2) is 0 Å². The van der Waals surface area contributed by atoms with E-state index in [1.807, 2.05) is 0 Å². The summed E-state index contributed by atoms with van der Waals surface area (Å²) in [4.78, 5) is 23.5. The van der Waals surface area contributed by atoms with E-state index in [1.54, 1.807) is 0 Å². The lowest BCUT2D eigenvalue weighted by Crippen LogP contribution is -2.53. The SMILES string of the molecule is O=C(O)[C@@H]1[C@@H]2CCCC[C@@H]2[C@@H]2CCCC[C@@H]2[C@H]1C(=O)O. The van der Waals surface area contributed by atoms with Gasteiger partial charge in [0.2, 0.25) is 0 Å². The normalized spacial score (nSPS) is 44.2. The lowest BCUT2D eigenvalue weighted by Gasteiger charge is -2.53. The summed E-state index contributed by atoms with van der Waals surface area (Å²) in [5.74, 6) is -1.94. The summed E-state index contributed by atoms with van der Waals surface area (Å²) in [7, 11) is 0. The molecule has 0 radical (unpaired) electrons. The van der Waals surface area contributed by atoms with Crippen LogP contribution in [-0.4, -0.2) is 22.2 Å². The maximum absolute atomic E-state index is 11.7. The monoisotopic (exact) mass is 280 g/mol. The first-order valence-electron chi connectivity index (χ1n) is 8.07. The molecule has 3 aliphatic carbocycles. The van der Waals surface area contributed by atoms with E-state index in [2.05, 4.69) is 0 Å². The zero-order valence-electron chi connectivity index (χ0n) is 11.8. The van der Waals surface area contributed by atoms with E-state index in [9.17, 15) is 19.8 Å². The third kappa shape index (κ3) is 2.13. The van der Waals surface area contributed by atoms with Crippen LogP contribution in [0, 0.1) is 35.5 Å². The molecule has 0 aromatic carbocycles. The first-order chi connectivity index (χ1) is 9.61. The van der Waals surface area contributed by atoms with Crippen LogP contribution in [0.15, 0.2) is 0 Å².